The average Bonchev–Trinajstić information content (AvgIpc) is 2.45. The number of pyridine rings is 1. The van der Waals surface area contributed by atoms with Gasteiger partial charge in [-0.2, -0.15) is 5.26 Å². The minimum atomic E-state index is 0.470. The van der Waals surface area contributed by atoms with Crippen molar-refractivity contribution in [3.8, 4) is 6.07 Å². The molecule has 0 aliphatic carbocycles. The first-order valence-corrected chi connectivity index (χ1v) is 6.06. The van der Waals surface area contributed by atoms with Crippen LogP contribution in [0.4, 0.5) is 11.4 Å². The maximum absolute atomic E-state index is 9.01. The van der Waals surface area contributed by atoms with Crippen LogP contribution in [0, 0.1) is 11.3 Å². The zero-order valence-electron chi connectivity index (χ0n) is 11.1. The summed E-state index contributed by atoms with van der Waals surface area (Å²) >= 11 is 0. The molecule has 0 aliphatic rings. The summed E-state index contributed by atoms with van der Waals surface area (Å²) in [6, 6.07) is 13.9. The predicted octanol–water partition coefficient (Wildman–Crippen LogP) is 2.63. The van der Waals surface area contributed by atoms with E-state index in [1.54, 1.807) is 6.20 Å². The summed E-state index contributed by atoms with van der Waals surface area (Å²) in [5.41, 5.74) is 3.53. The second kappa shape index (κ2) is 5.87. The van der Waals surface area contributed by atoms with Gasteiger partial charge in [0, 0.05) is 32.4 Å². The lowest BCUT2D eigenvalue weighted by molar-refractivity contribution is 1.07. The summed E-state index contributed by atoms with van der Waals surface area (Å²) in [6.07, 6.45) is 1.63. The van der Waals surface area contributed by atoms with Gasteiger partial charge in [-0.1, -0.05) is 18.2 Å². The van der Waals surface area contributed by atoms with Crippen molar-refractivity contribution in [2.45, 2.75) is 6.54 Å². The molecule has 0 unspecified atom stereocenters. The van der Waals surface area contributed by atoms with E-state index >= 15 is 0 Å². The van der Waals surface area contributed by atoms with E-state index in [1.807, 2.05) is 44.4 Å². The van der Waals surface area contributed by atoms with Crippen LogP contribution in [0.5, 0.6) is 0 Å². The molecule has 1 N–H and O–H groups in total. The summed E-state index contributed by atoms with van der Waals surface area (Å²) in [5.74, 6) is 0. The number of nitrogens with one attached hydrogen (secondary N) is 1. The van der Waals surface area contributed by atoms with Crippen LogP contribution in [-0.4, -0.2) is 19.1 Å². The van der Waals surface area contributed by atoms with E-state index in [9.17, 15) is 0 Å². The van der Waals surface area contributed by atoms with Crippen LogP contribution in [-0.2, 0) is 6.54 Å². The third-order valence-electron chi connectivity index (χ3n) is 2.85. The van der Waals surface area contributed by atoms with E-state index in [0.29, 0.717) is 12.2 Å². The molecule has 19 heavy (non-hydrogen) atoms. The number of anilines is 2. The van der Waals surface area contributed by atoms with Gasteiger partial charge < -0.3 is 10.2 Å². The summed E-state index contributed by atoms with van der Waals surface area (Å²) in [7, 11) is 4.01. The fourth-order valence-corrected chi connectivity index (χ4v) is 1.89. The second-order valence-corrected chi connectivity index (χ2v) is 4.39. The Labute approximate surface area is 113 Å². The van der Waals surface area contributed by atoms with Gasteiger partial charge in [0.05, 0.1) is 11.4 Å². The van der Waals surface area contributed by atoms with Gasteiger partial charge in [-0.25, -0.2) is 4.98 Å². The highest BCUT2D eigenvalue weighted by Gasteiger charge is 2.05. The maximum atomic E-state index is 9.01. The Kier molecular flexibility index (Phi) is 3.99. The molecule has 96 valence electrons. The summed E-state index contributed by atoms with van der Waals surface area (Å²) in [4.78, 5) is 6.11. The highest BCUT2D eigenvalue weighted by Crippen LogP contribution is 2.24. The fourth-order valence-electron chi connectivity index (χ4n) is 1.89. The standard InChI is InChI=1S/C15H16N4/c1-19(2)15-8-4-3-7-13(15)18-11-12-6-5-9-17-14(12)10-16/h3-9,18H,11H2,1-2H3. The molecule has 1 heterocycles. The number of benzene rings is 1. The lowest BCUT2D eigenvalue weighted by Crippen LogP contribution is -2.12. The molecule has 0 radical (unpaired) electrons. The van der Waals surface area contributed by atoms with E-state index < -0.39 is 0 Å². The lowest BCUT2D eigenvalue weighted by Gasteiger charge is -2.18. The molecule has 2 rings (SSSR count). The van der Waals surface area contributed by atoms with Gasteiger partial charge in [-0.3, -0.25) is 0 Å². The van der Waals surface area contributed by atoms with Crippen molar-refractivity contribution in [2.24, 2.45) is 0 Å². The summed E-state index contributed by atoms with van der Waals surface area (Å²) in [6.45, 7) is 0.585. The quantitative estimate of drug-likeness (QED) is 0.908. The molecule has 0 aliphatic heterocycles. The Morgan fingerprint density at radius 2 is 2.00 bits per heavy atom. The first-order valence-electron chi connectivity index (χ1n) is 6.06. The van der Waals surface area contributed by atoms with Gasteiger partial charge in [-0.15, -0.1) is 0 Å². The highest BCUT2D eigenvalue weighted by atomic mass is 15.1. The number of rotatable bonds is 4. The van der Waals surface area contributed by atoms with Crippen LogP contribution in [0.1, 0.15) is 11.3 Å². The normalized spacial score (nSPS) is 9.74. The van der Waals surface area contributed by atoms with Crippen LogP contribution in [0.15, 0.2) is 42.6 Å². The zero-order chi connectivity index (χ0) is 13.7. The Hall–Kier alpha value is -2.54. The number of hydrogen-bond acceptors (Lipinski definition) is 4. The van der Waals surface area contributed by atoms with Gasteiger partial charge in [-0.05, 0) is 18.2 Å². The minimum Gasteiger partial charge on any atom is -0.379 e. The Balaban J connectivity index is 2.18. The molecule has 0 fully saturated rings. The largest absolute Gasteiger partial charge is 0.379 e. The molecular weight excluding hydrogens is 236 g/mol. The number of nitrogens with zero attached hydrogens (tertiary/aromatic N) is 3. The van der Waals surface area contributed by atoms with Gasteiger partial charge in [0.2, 0.25) is 0 Å². The van der Waals surface area contributed by atoms with E-state index in [0.717, 1.165) is 16.9 Å². The monoisotopic (exact) mass is 252 g/mol. The zero-order valence-corrected chi connectivity index (χ0v) is 11.1. The minimum absolute atomic E-state index is 0.470. The number of para-hydroxylation sites is 2. The van der Waals surface area contributed by atoms with Crippen LogP contribution in [0.3, 0.4) is 0 Å². The molecule has 4 heteroatoms. The average molecular weight is 252 g/mol. The van der Waals surface area contributed by atoms with Crippen LogP contribution >= 0.6 is 0 Å². The number of hydrogen-bond donors (Lipinski definition) is 1. The van der Waals surface area contributed by atoms with Crippen molar-refractivity contribution in [3.63, 3.8) is 0 Å². The number of nitriles is 1. The van der Waals surface area contributed by atoms with Crippen molar-refractivity contribution in [1.82, 2.24) is 4.98 Å². The van der Waals surface area contributed by atoms with E-state index in [1.165, 1.54) is 0 Å². The molecule has 1 aromatic carbocycles. The van der Waals surface area contributed by atoms with E-state index in [4.69, 9.17) is 5.26 Å². The third kappa shape index (κ3) is 3.02. The molecule has 0 saturated carbocycles. The smallest absolute Gasteiger partial charge is 0.145 e. The summed E-state index contributed by atoms with van der Waals surface area (Å²) < 4.78 is 0. The van der Waals surface area contributed by atoms with E-state index in [-0.39, 0.29) is 0 Å². The van der Waals surface area contributed by atoms with Crippen LogP contribution in [0.25, 0.3) is 0 Å². The third-order valence-corrected chi connectivity index (χ3v) is 2.85. The molecule has 0 spiro atoms. The summed E-state index contributed by atoms with van der Waals surface area (Å²) in [5, 5.41) is 12.4. The molecule has 2 aromatic rings. The van der Waals surface area contributed by atoms with Crippen molar-refractivity contribution in [1.29, 1.82) is 5.26 Å². The van der Waals surface area contributed by atoms with Gasteiger partial charge in [0.1, 0.15) is 11.8 Å². The molecule has 1 aromatic heterocycles. The Morgan fingerprint density at radius 1 is 1.21 bits per heavy atom. The van der Waals surface area contributed by atoms with Crippen molar-refractivity contribution in [3.05, 3.63) is 53.9 Å². The lowest BCUT2D eigenvalue weighted by atomic mass is 10.2. The predicted molar refractivity (Wildman–Crippen MR) is 77.0 cm³/mol. The van der Waals surface area contributed by atoms with Gasteiger partial charge >= 0.3 is 0 Å². The fraction of sp³-hybridized carbons (Fsp3) is 0.200. The van der Waals surface area contributed by atoms with Gasteiger partial charge in [0.15, 0.2) is 0 Å². The van der Waals surface area contributed by atoms with Crippen LogP contribution in [0.2, 0.25) is 0 Å². The molecule has 4 nitrogen and oxygen atoms in total. The van der Waals surface area contributed by atoms with E-state index in [2.05, 4.69) is 27.3 Å². The SMILES string of the molecule is CN(C)c1ccccc1NCc1cccnc1C#N. The first-order chi connectivity index (χ1) is 9.22. The van der Waals surface area contributed by atoms with Crippen molar-refractivity contribution >= 4 is 11.4 Å². The molecular formula is C15H16N4. The Bertz CT molecular complexity index is 599. The Morgan fingerprint density at radius 3 is 2.74 bits per heavy atom. The molecule has 0 amide bonds. The number of aromatic nitrogens is 1. The van der Waals surface area contributed by atoms with Crippen LogP contribution < -0.4 is 10.2 Å². The first kappa shape index (κ1) is 12.9. The molecule has 0 saturated heterocycles. The van der Waals surface area contributed by atoms with Gasteiger partial charge in [0.25, 0.3) is 0 Å². The second-order valence-electron chi connectivity index (χ2n) is 4.39. The molecule has 0 atom stereocenters. The van der Waals surface area contributed by atoms with Crippen molar-refractivity contribution in [2.75, 3.05) is 24.3 Å². The topological polar surface area (TPSA) is 52.0 Å². The van der Waals surface area contributed by atoms with Crippen molar-refractivity contribution < 1.29 is 0 Å². The maximum Gasteiger partial charge on any atom is 0.145 e. The molecule has 0 bridgehead atoms. The highest BCUT2D eigenvalue weighted by molar-refractivity contribution is 5.69.